The number of benzene rings is 1. The Morgan fingerprint density at radius 3 is 2.65 bits per heavy atom. The molecule has 1 aromatic rings. The Morgan fingerprint density at radius 1 is 1.30 bits per heavy atom. The first-order valence-electron chi connectivity index (χ1n) is 6.98. The van der Waals surface area contributed by atoms with Gasteiger partial charge in [-0.05, 0) is 44.1 Å². The molecule has 112 valence electrons. The van der Waals surface area contributed by atoms with E-state index >= 15 is 0 Å². The lowest BCUT2D eigenvalue weighted by molar-refractivity contribution is 0.241. The Bertz CT molecular complexity index is 454. The molecule has 1 N–H and O–H groups in total. The van der Waals surface area contributed by atoms with Gasteiger partial charge in [-0.3, -0.25) is 4.90 Å². The Labute approximate surface area is 129 Å². The number of nitrogens with one attached hydrogen (secondary N) is 1. The number of rotatable bonds is 6. The van der Waals surface area contributed by atoms with Gasteiger partial charge < -0.3 is 14.8 Å². The maximum absolute atomic E-state index is 5.39. The van der Waals surface area contributed by atoms with Gasteiger partial charge >= 0.3 is 0 Å². The van der Waals surface area contributed by atoms with E-state index in [1.165, 1.54) is 18.4 Å². The van der Waals surface area contributed by atoms with Gasteiger partial charge in [0.2, 0.25) is 0 Å². The van der Waals surface area contributed by atoms with Crippen LogP contribution in [0.1, 0.15) is 18.4 Å². The van der Waals surface area contributed by atoms with Crippen molar-refractivity contribution in [3.8, 4) is 11.5 Å². The fourth-order valence-electron chi connectivity index (χ4n) is 2.81. The highest BCUT2D eigenvalue weighted by Crippen LogP contribution is 2.34. The molecule has 1 heterocycles. The molecule has 0 spiro atoms. The Kier molecular flexibility index (Phi) is 5.69. The highest BCUT2D eigenvalue weighted by atomic mass is 79.9. The summed E-state index contributed by atoms with van der Waals surface area (Å²) < 4.78 is 11.8. The van der Waals surface area contributed by atoms with E-state index in [1.54, 1.807) is 14.2 Å². The number of nitrogens with zero attached hydrogens (tertiary/aromatic N) is 1. The van der Waals surface area contributed by atoms with E-state index in [4.69, 9.17) is 9.47 Å². The van der Waals surface area contributed by atoms with Gasteiger partial charge in [-0.1, -0.05) is 15.9 Å². The molecule has 4 nitrogen and oxygen atoms in total. The molecule has 1 aliphatic heterocycles. The molecule has 0 amide bonds. The summed E-state index contributed by atoms with van der Waals surface area (Å²) in [5.74, 6) is 1.55. The lowest BCUT2D eigenvalue weighted by Crippen LogP contribution is -2.36. The Hall–Kier alpha value is -0.780. The predicted octanol–water partition coefficient (Wildman–Crippen LogP) is 2.65. The number of likely N-dealkylation sites (N-methyl/N-ethyl adjacent to an activating group) is 1. The molecule has 0 aliphatic carbocycles. The molecule has 0 saturated carbocycles. The highest BCUT2D eigenvalue weighted by Gasteiger charge is 2.24. The summed E-state index contributed by atoms with van der Waals surface area (Å²) in [7, 11) is 5.35. The third-order valence-electron chi connectivity index (χ3n) is 3.86. The first-order valence-corrected chi connectivity index (χ1v) is 7.78. The van der Waals surface area contributed by atoms with Crippen molar-refractivity contribution < 1.29 is 9.47 Å². The van der Waals surface area contributed by atoms with Crippen molar-refractivity contribution >= 4 is 15.9 Å². The van der Waals surface area contributed by atoms with Gasteiger partial charge in [0.05, 0.1) is 14.2 Å². The van der Waals surface area contributed by atoms with Gasteiger partial charge in [-0.25, -0.2) is 0 Å². The number of halogens is 1. The van der Waals surface area contributed by atoms with Crippen LogP contribution in [0.2, 0.25) is 0 Å². The van der Waals surface area contributed by atoms with Crippen molar-refractivity contribution in [3.63, 3.8) is 0 Å². The van der Waals surface area contributed by atoms with Crippen LogP contribution in [0, 0.1) is 0 Å². The summed E-state index contributed by atoms with van der Waals surface area (Å²) in [5.41, 5.74) is 1.24. The van der Waals surface area contributed by atoms with Crippen LogP contribution in [-0.2, 0) is 6.54 Å². The van der Waals surface area contributed by atoms with Crippen molar-refractivity contribution in [1.29, 1.82) is 0 Å². The summed E-state index contributed by atoms with van der Waals surface area (Å²) in [6, 6.07) is 4.68. The number of hydrogen-bond acceptors (Lipinski definition) is 4. The van der Waals surface area contributed by atoms with Crippen LogP contribution in [0.25, 0.3) is 0 Å². The molecule has 5 heteroatoms. The first kappa shape index (κ1) is 15.6. The summed E-state index contributed by atoms with van der Waals surface area (Å²) in [6.45, 7) is 3.14. The van der Waals surface area contributed by atoms with Crippen LogP contribution in [0.3, 0.4) is 0 Å². The summed E-state index contributed by atoms with van der Waals surface area (Å²) in [5, 5.41) is 3.28. The molecule has 1 saturated heterocycles. The first-order chi connectivity index (χ1) is 9.69. The minimum Gasteiger partial charge on any atom is -0.493 e. The van der Waals surface area contributed by atoms with E-state index in [2.05, 4.69) is 32.2 Å². The zero-order valence-electron chi connectivity index (χ0n) is 12.4. The van der Waals surface area contributed by atoms with Crippen molar-refractivity contribution in [2.24, 2.45) is 0 Å². The molecule has 1 fully saturated rings. The van der Waals surface area contributed by atoms with Gasteiger partial charge in [-0.15, -0.1) is 0 Å². The van der Waals surface area contributed by atoms with Crippen molar-refractivity contribution in [3.05, 3.63) is 22.2 Å². The van der Waals surface area contributed by atoms with Crippen LogP contribution < -0.4 is 14.8 Å². The average Bonchev–Trinajstić information content (AvgIpc) is 2.88. The van der Waals surface area contributed by atoms with Crippen LogP contribution in [0.5, 0.6) is 11.5 Å². The molecular weight excluding hydrogens is 320 g/mol. The molecule has 0 bridgehead atoms. The van der Waals surface area contributed by atoms with Gasteiger partial charge in [0.1, 0.15) is 0 Å². The van der Waals surface area contributed by atoms with Crippen molar-refractivity contribution in [2.75, 3.05) is 34.4 Å². The zero-order valence-corrected chi connectivity index (χ0v) is 14.0. The molecule has 1 atom stereocenters. The largest absolute Gasteiger partial charge is 0.493 e. The van der Waals surface area contributed by atoms with E-state index in [0.717, 1.165) is 35.6 Å². The summed E-state index contributed by atoms with van der Waals surface area (Å²) in [6.07, 6.45) is 2.54. The number of ether oxygens (including phenoxy) is 2. The molecule has 1 unspecified atom stereocenters. The van der Waals surface area contributed by atoms with E-state index < -0.39 is 0 Å². The second kappa shape index (κ2) is 7.29. The summed E-state index contributed by atoms with van der Waals surface area (Å²) in [4.78, 5) is 2.53. The number of hydrogen-bond donors (Lipinski definition) is 1. The van der Waals surface area contributed by atoms with Crippen LogP contribution in [-0.4, -0.2) is 45.3 Å². The third kappa shape index (κ3) is 3.45. The second-order valence-electron chi connectivity index (χ2n) is 5.12. The Balaban J connectivity index is 2.16. The predicted molar refractivity (Wildman–Crippen MR) is 84.6 cm³/mol. The average molecular weight is 343 g/mol. The van der Waals surface area contributed by atoms with Crippen LogP contribution >= 0.6 is 15.9 Å². The van der Waals surface area contributed by atoms with Crippen LogP contribution in [0.4, 0.5) is 0 Å². The molecule has 20 heavy (non-hydrogen) atoms. The fraction of sp³-hybridized carbons (Fsp3) is 0.600. The van der Waals surface area contributed by atoms with E-state index in [-0.39, 0.29) is 0 Å². The van der Waals surface area contributed by atoms with E-state index in [1.807, 2.05) is 13.1 Å². The van der Waals surface area contributed by atoms with Gasteiger partial charge in [0.25, 0.3) is 0 Å². The molecule has 0 aromatic heterocycles. The standard InChI is InChI=1S/C15H23BrN2O2/c1-17-9-12-5-4-6-18(12)10-11-7-14(19-2)15(20-3)8-13(11)16/h7-8,12,17H,4-6,9-10H2,1-3H3. The molecular formula is C15H23BrN2O2. The maximum atomic E-state index is 5.39. The van der Waals surface area contributed by atoms with E-state index in [9.17, 15) is 0 Å². The lowest BCUT2D eigenvalue weighted by Gasteiger charge is -2.25. The van der Waals surface area contributed by atoms with Crippen molar-refractivity contribution in [1.82, 2.24) is 10.2 Å². The maximum Gasteiger partial charge on any atom is 0.161 e. The third-order valence-corrected chi connectivity index (χ3v) is 4.60. The molecule has 1 aromatic carbocycles. The normalized spacial score (nSPS) is 19.3. The smallest absolute Gasteiger partial charge is 0.161 e. The molecule has 1 aliphatic rings. The topological polar surface area (TPSA) is 33.7 Å². The quantitative estimate of drug-likeness (QED) is 0.861. The van der Waals surface area contributed by atoms with Gasteiger partial charge in [0.15, 0.2) is 11.5 Å². The monoisotopic (exact) mass is 342 g/mol. The minimum atomic E-state index is 0.625. The molecule has 0 radical (unpaired) electrons. The van der Waals surface area contributed by atoms with Gasteiger partial charge in [-0.2, -0.15) is 0 Å². The fourth-order valence-corrected chi connectivity index (χ4v) is 3.25. The molecule has 2 rings (SSSR count). The van der Waals surface area contributed by atoms with Crippen LogP contribution in [0.15, 0.2) is 16.6 Å². The highest BCUT2D eigenvalue weighted by molar-refractivity contribution is 9.10. The number of likely N-dealkylation sites (tertiary alicyclic amines) is 1. The number of methoxy groups -OCH3 is 2. The SMILES string of the molecule is CNCC1CCCN1Cc1cc(OC)c(OC)cc1Br. The summed E-state index contributed by atoms with van der Waals surface area (Å²) >= 11 is 3.64. The minimum absolute atomic E-state index is 0.625. The Morgan fingerprint density at radius 2 is 2.00 bits per heavy atom. The van der Waals surface area contributed by atoms with E-state index in [0.29, 0.717) is 6.04 Å². The second-order valence-corrected chi connectivity index (χ2v) is 5.98. The van der Waals surface area contributed by atoms with Crippen molar-refractivity contribution in [2.45, 2.75) is 25.4 Å². The zero-order chi connectivity index (χ0) is 14.5. The van der Waals surface area contributed by atoms with Gasteiger partial charge in [0, 0.05) is 23.6 Å². The lowest BCUT2D eigenvalue weighted by atomic mass is 10.1.